The second-order valence-corrected chi connectivity index (χ2v) is 4.10. The fraction of sp³-hybridized carbons (Fsp3) is 0.154. The topological polar surface area (TPSA) is 12.9 Å². The molecule has 2 aromatic rings. The SMILES string of the molecule is Fc1nccc(C(F)(F)F)c1-c1cccc(C(F)(F)F)c1. The summed E-state index contributed by atoms with van der Waals surface area (Å²) in [5.74, 6) is -1.48. The summed E-state index contributed by atoms with van der Waals surface area (Å²) in [4.78, 5) is 3.07. The third-order valence-electron chi connectivity index (χ3n) is 2.69. The highest BCUT2D eigenvalue weighted by Gasteiger charge is 2.36. The van der Waals surface area contributed by atoms with Crippen LogP contribution in [-0.4, -0.2) is 4.98 Å². The zero-order valence-corrected chi connectivity index (χ0v) is 10.1. The molecule has 112 valence electrons. The first kappa shape index (κ1) is 15.3. The molecule has 21 heavy (non-hydrogen) atoms. The second-order valence-electron chi connectivity index (χ2n) is 4.10. The predicted molar refractivity (Wildman–Crippen MR) is 59.6 cm³/mol. The van der Waals surface area contributed by atoms with Crippen LogP contribution in [0.15, 0.2) is 36.5 Å². The molecule has 2 rings (SSSR count). The molecule has 0 bridgehead atoms. The lowest BCUT2D eigenvalue weighted by atomic mass is 9.99. The van der Waals surface area contributed by atoms with Gasteiger partial charge in [0, 0.05) is 11.8 Å². The van der Waals surface area contributed by atoms with Gasteiger partial charge in [0.25, 0.3) is 0 Å². The minimum absolute atomic E-state index is 0.454. The van der Waals surface area contributed by atoms with Crippen molar-refractivity contribution in [2.75, 3.05) is 0 Å². The van der Waals surface area contributed by atoms with Gasteiger partial charge >= 0.3 is 12.4 Å². The summed E-state index contributed by atoms with van der Waals surface area (Å²) in [7, 11) is 0. The van der Waals surface area contributed by atoms with Gasteiger partial charge in [0.15, 0.2) is 0 Å². The van der Waals surface area contributed by atoms with Gasteiger partial charge in [0.2, 0.25) is 5.95 Å². The van der Waals surface area contributed by atoms with E-state index < -0.39 is 40.6 Å². The Hall–Kier alpha value is -2.12. The Kier molecular flexibility index (Phi) is 3.65. The molecule has 0 radical (unpaired) electrons. The molecule has 0 saturated heterocycles. The molecule has 0 saturated carbocycles. The minimum atomic E-state index is -4.91. The van der Waals surface area contributed by atoms with Gasteiger partial charge in [-0.1, -0.05) is 12.1 Å². The van der Waals surface area contributed by atoms with E-state index in [1.165, 1.54) is 0 Å². The summed E-state index contributed by atoms with van der Waals surface area (Å²) >= 11 is 0. The molecule has 1 heterocycles. The molecule has 8 heteroatoms. The fourth-order valence-electron chi connectivity index (χ4n) is 1.80. The molecule has 0 unspecified atom stereocenters. The van der Waals surface area contributed by atoms with E-state index in [2.05, 4.69) is 4.98 Å². The number of rotatable bonds is 1. The van der Waals surface area contributed by atoms with Crippen molar-refractivity contribution in [3.8, 4) is 11.1 Å². The molecule has 1 nitrogen and oxygen atoms in total. The lowest BCUT2D eigenvalue weighted by Crippen LogP contribution is -2.10. The Balaban J connectivity index is 2.68. The first-order chi connectivity index (χ1) is 9.60. The van der Waals surface area contributed by atoms with Crippen molar-refractivity contribution in [3.63, 3.8) is 0 Å². The van der Waals surface area contributed by atoms with Crippen molar-refractivity contribution in [1.82, 2.24) is 4.98 Å². The quantitative estimate of drug-likeness (QED) is 0.538. The van der Waals surface area contributed by atoms with Crippen molar-refractivity contribution in [2.24, 2.45) is 0 Å². The van der Waals surface area contributed by atoms with Crippen LogP contribution in [0.3, 0.4) is 0 Å². The highest BCUT2D eigenvalue weighted by atomic mass is 19.4. The molecule has 0 aliphatic carbocycles. The number of hydrogen-bond acceptors (Lipinski definition) is 1. The third-order valence-corrected chi connectivity index (χ3v) is 2.69. The second kappa shape index (κ2) is 5.01. The molecule has 0 spiro atoms. The van der Waals surface area contributed by atoms with Crippen molar-refractivity contribution in [2.45, 2.75) is 12.4 Å². The zero-order valence-electron chi connectivity index (χ0n) is 10.1. The number of nitrogens with zero attached hydrogens (tertiary/aromatic N) is 1. The Labute approximate surface area is 114 Å². The van der Waals surface area contributed by atoms with E-state index in [4.69, 9.17) is 0 Å². The Morgan fingerprint density at radius 2 is 1.52 bits per heavy atom. The molecule has 0 atom stereocenters. The van der Waals surface area contributed by atoms with E-state index in [9.17, 15) is 30.7 Å². The molecule has 0 aliphatic heterocycles. The van der Waals surface area contributed by atoms with Crippen LogP contribution >= 0.6 is 0 Å². The van der Waals surface area contributed by atoms with Crippen LogP contribution in [0.4, 0.5) is 30.7 Å². The van der Waals surface area contributed by atoms with Crippen LogP contribution in [0.2, 0.25) is 0 Å². The molecular formula is C13H6F7N. The summed E-state index contributed by atoms with van der Waals surface area (Å²) in [5.41, 5.74) is -4.09. The fourth-order valence-corrected chi connectivity index (χ4v) is 1.80. The lowest BCUT2D eigenvalue weighted by molar-refractivity contribution is -0.137. The maximum atomic E-state index is 13.6. The van der Waals surface area contributed by atoms with Gasteiger partial charge in [-0.3, -0.25) is 0 Å². The first-order valence-corrected chi connectivity index (χ1v) is 5.50. The molecule has 0 N–H and O–H groups in total. The normalized spacial score (nSPS) is 12.5. The largest absolute Gasteiger partial charge is 0.417 e. The average Bonchev–Trinajstić information content (AvgIpc) is 2.36. The van der Waals surface area contributed by atoms with Crippen LogP contribution < -0.4 is 0 Å². The van der Waals surface area contributed by atoms with Gasteiger partial charge in [-0.25, -0.2) is 4.98 Å². The van der Waals surface area contributed by atoms with E-state index in [1.807, 2.05) is 0 Å². The highest BCUT2D eigenvalue weighted by Crippen LogP contribution is 2.39. The third kappa shape index (κ3) is 3.14. The number of aromatic nitrogens is 1. The van der Waals surface area contributed by atoms with Gasteiger partial charge in [-0.05, 0) is 23.8 Å². The van der Waals surface area contributed by atoms with E-state index in [0.717, 1.165) is 12.1 Å². The van der Waals surface area contributed by atoms with Crippen molar-refractivity contribution < 1.29 is 30.7 Å². The van der Waals surface area contributed by atoms with Gasteiger partial charge in [-0.2, -0.15) is 30.7 Å². The minimum Gasteiger partial charge on any atom is -0.228 e. The number of benzene rings is 1. The summed E-state index contributed by atoms with van der Waals surface area (Å²) in [6.45, 7) is 0. The van der Waals surface area contributed by atoms with Crippen LogP contribution in [0.5, 0.6) is 0 Å². The summed E-state index contributed by atoms with van der Waals surface area (Å²) in [5, 5.41) is 0. The molecule has 1 aromatic carbocycles. The van der Waals surface area contributed by atoms with Gasteiger partial charge in [0.1, 0.15) is 0 Å². The van der Waals surface area contributed by atoms with Crippen LogP contribution in [0, 0.1) is 5.95 Å². The van der Waals surface area contributed by atoms with E-state index in [0.29, 0.717) is 24.4 Å². The summed E-state index contributed by atoms with van der Waals surface area (Å²) in [6, 6.07) is 3.52. The van der Waals surface area contributed by atoms with Crippen molar-refractivity contribution in [1.29, 1.82) is 0 Å². The summed E-state index contributed by atoms with van der Waals surface area (Å²) in [6.07, 6.45) is -9.05. The number of hydrogen-bond donors (Lipinski definition) is 0. The number of alkyl halides is 6. The Bertz CT molecular complexity index is 658. The van der Waals surface area contributed by atoms with E-state index >= 15 is 0 Å². The van der Waals surface area contributed by atoms with Crippen molar-refractivity contribution >= 4 is 0 Å². The van der Waals surface area contributed by atoms with E-state index in [1.54, 1.807) is 0 Å². The molecular weight excluding hydrogens is 303 g/mol. The average molecular weight is 309 g/mol. The monoisotopic (exact) mass is 309 g/mol. The Morgan fingerprint density at radius 3 is 2.10 bits per heavy atom. The van der Waals surface area contributed by atoms with Crippen molar-refractivity contribution in [3.05, 3.63) is 53.6 Å². The van der Waals surface area contributed by atoms with Crippen LogP contribution in [0.1, 0.15) is 11.1 Å². The van der Waals surface area contributed by atoms with Gasteiger partial charge in [-0.15, -0.1) is 0 Å². The number of halogens is 7. The maximum Gasteiger partial charge on any atom is 0.417 e. The smallest absolute Gasteiger partial charge is 0.228 e. The van der Waals surface area contributed by atoms with Crippen LogP contribution in [0.25, 0.3) is 11.1 Å². The summed E-state index contributed by atoms with van der Waals surface area (Å²) < 4.78 is 89.9. The van der Waals surface area contributed by atoms with Crippen LogP contribution in [-0.2, 0) is 12.4 Å². The molecule has 0 amide bonds. The molecule has 0 fully saturated rings. The highest BCUT2D eigenvalue weighted by molar-refractivity contribution is 5.68. The standard InChI is InChI=1S/C13H6F7N/c14-11-10(9(4-5-21-11)13(18,19)20)7-2-1-3-8(6-7)12(15,16)17/h1-6H. The van der Waals surface area contributed by atoms with Gasteiger partial charge < -0.3 is 0 Å². The number of pyridine rings is 1. The van der Waals surface area contributed by atoms with Gasteiger partial charge in [0.05, 0.1) is 11.1 Å². The molecule has 0 aliphatic rings. The zero-order chi connectivity index (χ0) is 15.8. The first-order valence-electron chi connectivity index (χ1n) is 5.50. The predicted octanol–water partition coefficient (Wildman–Crippen LogP) is 4.93. The molecule has 1 aromatic heterocycles. The Morgan fingerprint density at radius 1 is 0.857 bits per heavy atom. The lowest BCUT2D eigenvalue weighted by Gasteiger charge is -2.14. The maximum absolute atomic E-state index is 13.6. The van der Waals surface area contributed by atoms with E-state index in [-0.39, 0.29) is 0 Å².